The number of carbonyl (C=O) groups excluding carboxylic acids is 1. The summed E-state index contributed by atoms with van der Waals surface area (Å²) in [5, 5.41) is 4.62. The summed E-state index contributed by atoms with van der Waals surface area (Å²) < 4.78 is 7.44. The molecular weight excluding hydrogens is 288 g/mol. The highest BCUT2D eigenvalue weighted by Gasteiger charge is 2.33. The van der Waals surface area contributed by atoms with Gasteiger partial charge in [0.05, 0.1) is 28.9 Å². The largest absolute Gasteiger partial charge is 0.469 e. The van der Waals surface area contributed by atoms with Crippen molar-refractivity contribution in [3.8, 4) is 5.69 Å². The standard InChI is InChI=1S/C19H18N2O2/c1-12-5-7-15(8-6-12)21-16-10-14(18-4-3-9-23-18)11-17(22)19(16)13(2)20-21/h3-9,14H,10-11H2,1-2H3/t14-/m0/s1. The summed E-state index contributed by atoms with van der Waals surface area (Å²) in [6.07, 6.45) is 2.92. The first-order valence-corrected chi connectivity index (χ1v) is 7.85. The van der Waals surface area contributed by atoms with Crippen molar-refractivity contribution in [2.75, 3.05) is 0 Å². The maximum Gasteiger partial charge on any atom is 0.167 e. The van der Waals surface area contributed by atoms with Gasteiger partial charge in [-0.05, 0) is 38.1 Å². The van der Waals surface area contributed by atoms with Gasteiger partial charge in [0.1, 0.15) is 5.76 Å². The number of rotatable bonds is 2. The molecule has 0 radical (unpaired) electrons. The lowest BCUT2D eigenvalue weighted by Gasteiger charge is -2.21. The molecule has 4 rings (SSSR count). The van der Waals surface area contributed by atoms with Gasteiger partial charge in [-0.1, -0.05) is 17.7 Å². The van der Waals surface area contributed by atoms with Crippen LogP contribution in [0.15, 0.2) is 47.1 Å². The summed E-state index contributed by atoms with van der Waals surface area (Å²) in [5.41, 5.74) is 4.78. The lowest BCUT2D eigenvalue weighted by Crippen LogP contribution is -2.20. The molecule has 116 valence electrons. The van der Waals surface area contributed by atoms with E-state index in [-0.39, 0.29) is 11.7 Å². The summed E-state index contributed by atoms with van der Waals surface area (Å²) in [4.78, 5) is 12.6. The van der Waals surface area contributed by atoms with Gasteiger partial charge in [0.2, 0.25) is 0 Å². The molecule has 0 aliphatic heterocycles. The van der Waals surface area contributed by atoms with Crippen LogP contribution in [0.2, 0.25) is 0 Å². The lowest BCUT2D eigenvalue weighted by atomic mass is 9.84. The van der Waals surface area contributed by atoms with Crippen molar-refractivity contribution < 1.29 is 9.21 Å². The maximum absolute atomic E-state index is 12.6. The molecule has 2 aromatic heterocycles. The third-order valence-corrected chi connectivity index (χ3v) is 4.53. The predicted molar refractivity (Wildman–Crippen MR) is 87.1 cm³/mol. The fraction of sp³-hybridized carbons (Fsp3) is 0.263. The zero-order valence-corrected chi connectivity index (χ0v) is 13.2. The molecule has 1 atom stereocenters. The Kier molecular flexibility index (Phi) is 3.18. The predicted octanol–water partition coefficient (Wildman–Crippen LogP) is 3.99. The van der Waals surface area contributed by atoms with Crippen molar-refractivity contribution in [2.24, 2.45) is 0 Å². The zero-order chi connectivity index (χ0) is 16.0. The highest BCUT2D eigenvalue weighted by molar-refractivity contribution is 6.00. The molecule has 23 heavy (non-hydrogen) atoms. The van der Waals surface area contributed by atoms with E-state index in [4.69, 9.17) is 4.42 Å². The third-order valence-electron chi connectivity index (χ3n) is 4.53. The molecule has 0 N–H and O–H groups in total. The van der Waals surface area contributed by atoms with Gasteiger partial charge in [-0.3, -0.25) is 4.79 Å². The molecular formula is C19H18N2O2. The quantitative estimate of drug-likeness (QED) is 0.719. The fourth-order valence-electron chi connectivity index (χ4n) is 3.38. The molecule has 4 nitrogen and oxygen atoms in total. The maximum atomic E-state index is 12.6. The number of carbonyl (C=O) groups is 1. The van der Waals surface area contributed by atoms with Crippen molar-refractivity contribution in [1.82, 2.24) is 9.78 Å². The Morgan fingerprint density at radius 3 is 2.61 bits per heavy atom. The van der Waals surface area contributed by atoms with Crippen LogP contribution in [-0.4, -0.2) is 15.6 Å². The van der Waals surface area contributed by atoms with Crippen LogP contribution in [0.5, 0.6) is 0 Å². The molecule has 0 fully saturated rings. The monoisotopic (exact) mass is 306 g/mol. The van der Waals surface area contributed by atoms with Crippen LogP contribution < -0.4 is 0 Å². The Bertz CT molecular complexity index is 858. The first-order valence-electron chi connectivity index (χ1n) is 7.85. The summed E-state index contributed by atoms with van der Waals surface area (Å²) in [5.74, 6) is 1.12. The van der Waals surface area contributed by atoms with Gasteiger partial charge in [-0.25, -0.2) is 4.68 Å². The Hall–Kier alpha value is -2.62. The van der Waals surface area contributed by atoms with Crippen LogP contribution in [-0.2, 0) is 6.42 Å². The third kappa shape index (κ3) is 2.31. The number of benzene rings is 1. The number of ketones is 1. The Balaban J connectivity index is 1.81. The number of aryl methyl sites for hydroxylation is 2. The van der Waals surface area contributed by atoms with Gasteiger partial charge in [0, 0.05) is 18.8 Å². The van der Waals surface area contributed by atoms with Crippen molar-refractivity contribution in [2.45, 2.75) is 32.6 Å². The molecule has 3 aromatic rings. The molecule has 1 aliphatic rings. The number of fused-ring (bicyclic) bond motifs is 1. The Labute approximate surface area is 134 Å². The minimum absolute atomic E-state index is 0.0882. The summed E-state index contributed by atoms with van der Waals surface area (Å²) in [6, 6.07) is 12.0. The van der Waals surface area contributed by atoms with E-state index in [0.717, 1.165) is 34.8 Å². The molecule has 1 aliphatic carbocycles. The molecule has 0 spiro atoms. The number of furan rings is 1. The highest BCUT2D eigenvalue weighted by Crippen LogP contribution is 2.35. The van der Waals surface area contributed by atoms with Crippen LogP contribution in [0.1, 0.15) is 45.4 Å². The van der Waals surface area contributed by atoms with Crippen molar-refractivity contribution in [3.63, 3.8) is 0 Å². The molecule has 4 heteroatoms. The fourth-order valence-corrected chi connectivity index (χ4v) is 3.38. The molecule has 0 unspecified atom stereocenters. The summed E-state index contributed by atoms with van der Waals surface area (Å²) in [6.45, 7) is 3.97. The van der Waals surface area contributed by atoms with Gasteiger partial charge in [0.15, 0.2) is 5.78 Å². The van der Waals surface area contributed by atoms with Gasteiger partial charge in [-0.15, -0.1) is 0 Å². The minimum atomic E-state index is 0.0882. The zero-order valence-electron chi connectivity index (χ0n) is 13.2. The van der Waals surface area contributed by atoms with E-state index in [1.807, 2.05) is 35.9 Å². The van der Waals surface area contributed by atoms with Crippen LogP contribution in [0.4, 0.5) is 0 Å². The van der Waals surface area contributed by atoms with Crippen molar-refractivity contribution in [1.29, 1.82) is 0 Å². The second-order valence-electron chi connectivity index (χ2n) is 6.20. The molecule has 1 aromatic carbocycles. The average molecular weight is 306 g/mol. The summed E-state index contributed by atoms with van der Waals surface area (Å²) in [7, 11) is 0. The highest BCUT2D eigenvalue weighted by atomic mass is 16.3. The molecule has 0 amide bonds. The second-order valence-corrected chi connectivity index (χ2v) is 6.20. The first kappa shape index (κ1) is 14.0. The number of hydrogen-bond donors (Lipinski definition) is 0. The lowest BCUT2D eigenvalue weighted by molar-refractivity contribution is 0.0959. The molecule has 2 heterocycles. The van der Waals surface area contributed by atoms with Crippen molar-refractivity contribution in [3.05, 3.63) is 70.9 Å². The smallest absolute Gasteiger partial charge is 0.167 e. The molecule has 0 bridgehead atoms. The van der Waals surface area contributed by atoms with E-state index in [9.17, 15) is 4.79 Å². The molecule has 0 saturated heterocycles. The Morgan fingerprint density at radius 1 is 1.13 bits per heavy atom. The number of Topliss-reactive ketones (excluding diaryl/α,β-unsaturated/α-hetero) is 1. The normalized spacial score (nSPS) is 17.3. The van der Waals surface area contributed by atoms with E-state index in [0.29, 0.717) is 6.42 Å². The van der Waals surface area contributed by atoms with E-state index < -0.39 is 0 Å². The van der Waals surface area contributed by atoms with E-state index in [1.54, 1.807) is 6.26 Å². The minimum Gasteiger partial charge on any atom is -0.469 e. The number of hydrogen-bond acceptors (Lipinski definition) is 3. The van der Waals surface area contributed by atoms with E-state index in [2.05, 4.69) is 24.2 Å². The second kappa shape index (κ2) is 5.23. The van der Waals surface area contributed by atoms with Crippen LogP contribution >= 0.6 is 0 Å². The van der Waals surface area contributed by atoms with Gasteiger partial charge in [0.25, 0.3) is 0 Å². The number of aromatic nitrogens is 2. The van der Waals surface area contributed by atoms with Crippen LogP contribution in [0, 0.1) is 13.8 Å². The van der Waals surface area contributed by atoms with E-state index in [1.165, 1.54) is 5.56 Å². The van der Waals surface area contributed by atoms with Gasteiger partial charge >= 0.3 is 0 Å². The average Bonchev–Trinajstić information content (AvgIpc) is 3.16. The van der Waals surface area contributed by atoms with Crippen molar-refractivity contribution >= 4 is 5.78 Å². The Morgan fingerprint density at radius 2 is 1.91 bits per heavy atom. The van der Waals surface area contributed by atoms with E-state index >= 15 is 0 Å². The van der Waals surface area contributed by atoms with Gasteiger partial charge < -0.3 is 4.42 Å². The SMILES string of the molecule is Cc1ccc(-n2nc(C)c3c2C[C@H](c2ccco2)CC3=O)cc1. The molecule has 0 saturated carbocycles. The van der Waals surface area contributed by atoms with Crippen LogP contribution in [0.25, 0.3) is 5.69 Å². The summed E-state index contributed by atoms with van der Waals surface area (Å²) >= 11 is 0. The first-order chi connectivity index (χ1) is 11.1. The van der Waals surface area contributed by atoms with Gasteiger partial charge in [-0.2, -0.15) is 5.10 Å². The number of nitrogens with zero attached hydrogens (tertiary/aromatic N) is 2. The topological polar surface area (TPSA) is 48.0 Å². The van der Waals surface area contributed by atoms with Crippen LogP contribution in [0.3, 0.4) is 0 Å².